The van der Waals surface area contributed by atoms with Crippen LogP contribution in [0.3, 0.4) is 0 Å². The zero-order valence-electron chi connectivity index (χ0n) is 5.52. The first kappa shape index (κ1) is 13.2. The van der Waals surface area contributed by atoms with E-state index in [9.17, 15) is 9.36 Å². The third kappa shape index (κ3) is 12.7. The number of hydrogen-bond donors (Lipinski definition) is 4. The summed E-state index contributed by atoms with van der Waals surface area (Å²) in [5.74, 6) is -1.14. The van der Waals surface area contributed by atoms with Gasteiger partial charge in [-0.3, -0.25) is 14.7 Å². The van der Waals surface area contributed by atoms with Gasteiger partial charge in [-0.05, 0) is 0 Å². The van der Waals surface area contributed by atoms with Gasteiger partial charge in [0, 0.05) is 7.43 Å². The molecule has 7 heteroatoms. The summed E-state index contributed by atoms with van der Waals surface area (Å²) in [6.45, 7) is -0.439. The van der Waals surface area contributed by atoms with Gasteiger partial charge in [-0.25, -0.2) is 0 Å². The van der Waals surface area contributed by atoms with E-state index in [2.05, 4.69) is 5.32 Å². The molecule has 0 spiro atoms. The quantitative estimate of drug-likeness (QED) is 0.409. The smallest absolute Gasteiger partial charge is 0.339 e. The summed E-state index contributed by atoms with van der Waals surface area (Å²) in [5, 5.41) is 10.1. The molecule has 0 aliphatic carbocycles. The predicted octanol–water partition coefficient (Wildman–Crippen LogP) is -1.12. The lowest BCUT2D eigenvalue weighted by Crippen LogP contribution is -2.23. The van der Waals surface area contributed by atoms with Crippen molar-refractivity contribution >= 4 is 13.6 Å². The minimum absolute atomic E-state index is 0. The second-order valence-electron chi connectivity index (χ2n) is 1.64. The van der Waals surface area contributed by atoms with Crippen LogP contribution in [0.5, 0.6) is 0 Å². The van der Waals surface area contributed by atoms with Gasteiger partial charge in [-0.2, -0.15) is 0 Å². The maximum absolute atomic E-state index is 10.1. The van der Waals surface area contributed by atoms with Crippen molar-refractivity contribution < 1.29 is 24.3 Å². The van der Waals surface area contributed by atoms with E-state index in [1.165, 1.54) is 0 Å². The van der Waals surface area contributed by atoms with E-state index in [4.69, 9.17) is 14.9 Å². The molecule has 4 N–H and O–H groups in total. The molecule has 0 atom stereocenters. The summed E-state index contributed by atoms with van der Waals surface area (Å²) >= 11 is 0. The second-order valence-corrected chi connectivity index (χ2v) is 3.29. The Bertz CT molecular complexity index is 164. The zero-order chi connectivity index (χ0) is 8.20. The molecular formula is C4H8NO5P. The lowest BCUT2D eigenvalue weighted by molar-refractivity contribution is -0.135. The van der Waals surface area contributed by atoms with Crippen molar-refractivity contribution in [1.82, 2.24) is 5.32 Å². The first-order valence-electron chi connectivity index (χ1n) is 2.39. The molecule has 0 unspecified atom stereocenters. The molecule has 0 aromatic heterocycles. The number of carboxylic acid groups (broad SMARTS) is 1. The highest BCUT2D eigenvalue weighted by molar-refractivity contribution is 7.51. The topological polar surface area (TPSA) is 107 Å². The van der Waals surface area contributed by atoms with Crippen molar-refractivity contribution in [1.29, 1.82) is 0 Å². The molecule has 4 radical (unpaired) electrons. The van der Waals surface area contributed by atoms with Crippen LogP contribution >= 0.6 is 7.60 Å². The summed E-state index contributed by atoms with van der Waals surface area (Å²) in [4.78, 5) is 26.1. The lowest BCUT2D eigenvalue weighted by Gasteiger charge is -2.02. The van der Waals surface area contributed by atoms with Gasteiger partial charge in [-0.15, -0.1) is 0 Å². The van der Waals surface area contributed by atoms with Gasteiger partial charge in [0.15, 0.2) is 0 Å². The summed E-state index contributed by atoms with van der Waals surface area (Å²) in [6, 6.07) is 0. The zero-order valence-corrected chi connectivity index (χ0v) is 6.41. The molecule has 6 nitrogen and oxygen atoms in total. The van der Waals surface area contributed by atoms with Crippen molar-refractivity contribution in [2.24, 2.45) is 0 Å². The Hall–Kier alpha value is -0.420. The minimum Gasteiger partial charge on any atom is -0.480 e. The van der Waals surface area contributed by atoms with Gasteiger partial charge < -0.3 is 14.9 Å². The van der Waals surface area contributed by atoms with Crippen LogP contribution in [0.4, 0.5) is 0 Å². The Balaban J connectivity index is 0. The van der Waals surface area contributed by atoms with Gasteiger partial charge in [0.2, 0.25) is 0 Å². The number of carbonyl (C=O) groups is 1. The summed E-state index contributed by atoms with van der Waals surface area (Å²) < 4.78 is 10.1. The molecule has 64 valence electrons. The van der Waals surface area contributed by atoms with E-state index in [1.54, 1.807) is 0 Å². The molecule has 0 fully saturated rings. The molecular weight excluding hydrogens is 173 g/mol. The van der Waals surface area contributed by atoms with Crippen LogP contribution in [0, 0.1) is 7.43 Å². The molecule has 0 bridgehead atoms. The van der Waals surface area contributed by atoms with E-state index in [-0.39, 0.29) is 7.43 Å². The number of aliphatic carboxylic acids is 1. The average Bonchev–Trinajstić information content (AvgIpc) is 1.59. The number of rotatable bonds is 4. The van der Waals surface area contributed by atoms with Crippen molar-refractivity contribution in [2.45, 2.75) is 0 Å². The van der Waals surface area contributed by atoms with Crippen molar-refractivity contribution in [3.05, 3.63) is 7.43 Å². The van der Waals surface area contributed by atoms with Crippen molar-refractivity contribution in [2.75, 3.05) is 12.8 Å². The Morgan fingerprint density at radius 1 is 1.45 bits per heavy atom. The van der Waals surface area contributed by atoms with E-state index in [1.807, 2.05) is 0 Å². The molecule has 0 amide bonds. The predicted molar refractivity (Wildman–Crippen MR) is 35.8 cm³/mol. The first-order chi connectivity index (χ1) is 4.42. The first-order valence-corrected chi connectivity index (χ1v) is 4.18. The van der Waals surface area contributed by atoms with Gasteiger partial charge in [0.05, 0.1) is 12.8 Å². The molecule has 0 aliphatic heterocycles. The molecule has 0 aliphatic rings. The van der Waals surface area contributed by atoms with E-state index >= 15 is 0 Å². The van der Waals surface area contributed by atoms with Crippen LogP contribution < -0.4 is 5.32 Å². The maximum Gasteiger partial charge on any atom is 0.339 e. The average molecular weight is 181 g/mol. The van der Waals surface area contributed by atoms with Crippen LogP contribution in [0.15, 0.2) is 0 Å². The van der Waals surface area contributed by atoms with Crippen LogP contribution in [0.2, 0.25) is 0 Å². The van der Waals surface area contributed by atoms with E-state index in [0.717, 1.165) is 0 Å². The lowest BCUT2D eigenvalue weighted by atomic mass is 10.7. The Kier molecular flexibility index (Phi) is 6.31. The fraction of sp³-hybridized carbons (Fsp3) is 0.500. The van der Waals surface area contributed by atoms with Crippen LogP contribution in [-0.4, -0.2) is 33.7 Å². The third-order valence-electron chi connectivity index (χ3n) is 0.594. The van der Waals surface area contributed by atoms with Crippen molar-refractivity contribution in [3.8, 4) is 0 Å². The second kappa shape index (κ2) is 5.26. The highest BCUT2D eigenvalue weighted by Gasteiger charge is 2.11. The molecule has 0 rings (SSSR count). The number of nitrogens with one attached hydrogen (secondary N) is 1. The highest BCUT2D eigenvalue weighted by Crippen LogP contribution is 2.31. The Labute approximate surface area is 64.4 Å². The molecule has 0 aromatic carbocycles. The molecule has 11 heavy (non-hydrogen) atoms. The summed E-state index contributed by atoms with van der Waals surface area (Å²) in [5.41, 5.74) is 0. The Morgan fingerprint density at radius 2 is 1.91 bits per heavy atom. The van der Waals surface area contributed by atoms with Gasteiger partial charge in [0.1, 0.15) is 0 Å². The van der Waals surface area contributed by atoms with E-state index in [0.29, 0.717) is 0 Å². The fourth-order valence-electron chi connectivity index (χ4n) is 0.308. The molecule has 0 saturated carbocycles. The molecule has 0 heterocycles. The SMILES string of the molecule is O=C(O)CNCP(=O)(O)O.[C]. The Morgan fingerprint density at radius 3 is 2.18 bits per heavy atom. The highest BCUT2D eigenvalue weighted by atomic mass is 31.2. The standard InChI is InChI=1S/C3H8NO5P.C/c5-3(6)1-4-2-10(7,8)9;/h4H,1-2H2,(H,5,6)(H2,7,8,9);. The maximum atomic E-state index is 10.1. The molecule has 0 aromatic rings. The van der Waals surface area contributed by atoms with Crippen molar-refractivity contribution in [3.63, 3.8) is 0 Å². The normalized spacial score (nSPS) is 10.4. The fourth-order valence-corrected chi connectivity index (χ4v) is 0.712. The van der Waals surface area contributed by atoms with Gasteiger partial charge in [0.25, 0.3) is 0 Å². The number of hydrogen-bond acceptors (Lipinski definition) is 3. The van der Waals surface area contributed by atoms with Crippen LogP contribution in [-0.2, 0) is 9.36 Å². The summed E-state index contributed by atoms with van der Waals surface area (Å²) in [7, 11) is -4.10. The van der Waals surface area contributed by atoms with Gasteiger partial charge in [-0.1, -0.05) is 0 Å². The largest absolute Gasteiger partial charge is 0.480 e. The molecule has 0 saturated heterocycles. The summed E-state index contributed by atoms with van der Waals surface area (Å²) in [6.07, 6.45) is -0.598. The monoisotopic (exact) mass is 181 g/mol. The van der Waals surface area contributed by atoms with Crippen LogP contribution in [0.25, 0.3) is 0 Å². The van der Waals surface area contributed by atoms with E-state index < -0.39 is 26.4 Å². The number of carboxylic acids is 1. The minimum atomic E-state index is -4.10. The van der Waals surface area contributed by atoms with Gasteiger partial charge >= 0.3 is 13.6 Å². The van der Waals surface area contributed by atoms with Crippen LogP contribution in [0.1, 0.15) is 0 Å². The third-order valence-corrected chi connectivity index (χ3v) is 1.23.